The molecule has 0 spiro atoms. The first-order valence-electron chi connectivity index (χ1n) is 20.9. The first kappa shape index (κ1) is 35.1. The van der Waals surface area contributed by atoms with Crippen molar-refractivity contribution in [1.29, 1.82) is 0 Å². The second-order valence-corrected chi connectivity index (χ2v) is 16.1. The van der Waals surface area contributed by atoms with Crippen molar-refractivity contribution in [3.05, 3.63) is 204 Å². The topological polar surface area (TPSA) is 16.3 Å². The summed E-state index contributed by atoms with van der Waals surface area (Å²) >= 11 is 0. The van der Waals surface area contributed by atoms with Crippen molar-refractivity contribution in [2.75, 3.05) is 37.0 Å². The van der Waals surface area contributed by atoms with Crippen LogP contribution in [-0.4, -0.2) is 36.3 Å². The van der Waals surface area contributed by atoms with E-state index in [9.17, 15) is 0 Å². The van der Waals surface area contributed by atoms with Crippen molar-refractivity contribution >= 4 is 55.0 Å². The summed E-state index contributed by atoms with van der Waals surface area (Å²) in [5, 5.41) is 5.06. The molecule has 10 aromatic rings. The van der Waals surface area contributed by atoms with Gasteiger partial charge in [0.2, 0.25) is 0 Å². The third kappa shape index (κ3) is 5.09. The smallest absolute Gasteiger partial charge is 0.0715 e. The molecule has 0 fully saturated rings. The van der Waals surface area contributed by atoms with Crippen LogP contribution in [-0.2, 0) is 5.41 Å². The summed E-state index contributed by atoms with van der Waals surface area (Å²) < 4.78 is 4.93. The van der Waals surface area contributed by atoms with Crippen molar-refractivity contribution < 1.29 is 0 Å². The van der Waals surface area contributed by atoms with Gasteiger partial charge in [-0.2, -0.15) is 0 Å². The fourth-order valence-electron chi connectivity index (χ4n) is 10.1. The molecule has 1 aliphatic rings. The van der Waals surface area contributed by atoms with Crippen LogP contribution in [0.4, 0.5) is 11.4 Å². The summed E-state index contributed by atoms with van der Waals surface area (Å²) in [5.74, 6) is 0. The van der Waals surface area contributed by atoms with Crippen LogP contribution >= 0.6 is 0 Å². The van der Waals surface area contributed by atoms with Gasteiger partial charge in [0.05, 0.1) is 27.5 Å². The number of nitrogens with zero attached hydrogens (tertiary/aromatic N) is 4. The molecule has 1 unspecified atom stereocenters. The fraction of sp³-hybridized carbons (Fsp3) is 0.127. The van der Waals surface area contributed by atoms with Gasteiger partial charge in [-0.05, 0) is 120 Å². The first-order valence-corrected chi connectivity index (χ1v) is 20.9. The summed E-state index contributed by atoms with van der Waals surface area (Å²) in [6.07, 6.45) is 0. The van der Waals surface area contributed by atoms with Crippen LogP contribution < -0.4 is 9.80 Å². The van der Waals surface area contributed by atoms with Crippen molar-refractivity contribution in [2.45, 2.75) is 19.3 Å². The Morgan fingerprint density at radius 2 is 0.898 bits per heavy atom. The zero-order valence-electron chi connectivity index (χ0n) is 34.0. The summed E-state index contributed by atoms with van der Waals surface area (Å²) in [5.41, 5.74) is 16.7. The van der Waals surface area contributed by atoms with Crippen LogP contribution in [0.1, 0.15) is 36.1 Å². The fourth-order valence-corrected chi connectivity index (χ4v) is 10.1. The van der Waals surface area contributed by atoms with Gasteiger partial charge in [-0.15, -0.1) is 0 Å². The highest BCUT2D eigenvalue weighted by Gasteiger charge is 2.46. The minimum atomic E-state index is -0.579. The largest absolute Gasteiger partial charge is 0.375 e. The van der Waals surface area contributed by atoms with E-state index in [1.807, 2.05) is 0 Å². The minimum absolute atomic E-state index is 0.579. The molecule has 2 aromatic heterocycles. The Hall–Kier alpha value is -7.04. The minimum Gasteiger partial charge on any atom is -0.375 e. The Labute approximate surface area is 345 Å². The molecule has 286 valence electrons. The van der Waals surface area contributed by atoms with Crippen LogP contribution in [0.5, 0.6) is 0 Å². The molecular formula is C55H46N4. The zero-order valence-corrected chi connectivity index (χ0v) is 34.0. The number of hydrogen-bond acceptors (Lipinski definition) is 2. The summed E-state index contributed by atoms with van der Waals surface area (Å²) in [6, 6.07) is 68.3. The molecule has 4 nitrogen and oxygen atoms in total. The van der Waals surface area contributed by atoms with Gasteiger partial charge in [0.1, 0.15) is 0 Å². The Balaban J connectivity index is 1.19. The van der Waals surface area contributed by atoms with E-state index in [0.29, 0.717) is 0 Å². The van der Waals surface area contributed by atoms with Gasteiger partial charge in [-0.25, -0.2) is 0 Å². The predicted molar refractivity (Wildman–Crippen MR) is 250 cm³/mol. The molecule has 0 saturated carbocycles. The van der Waals surface area contributed by atoms with Gasteiger partial charge in [0.25, 0.3) is 0 Å². The molecule has 0 amide bonds. The Kier molecular flexibility index (Phi) is 8.06. The Morgan fingerprint density at radius 3 is 1.53 bits per heavy atom. The number of benzene rings is 8. The molecule has 1 aliphatic carbocycles. The van der Waals surface area contributed by atoms with Crippen molar-refractivity contribution in [2.24, 2.45) is 0 Å². The maximum absolute atomic E-state index is 2.49. The average Bonchev–Trinajstić information content (AvgIpc) is 3.92. The normalized spacial score (nSPS) is 14.6. The Morgan fingerprint density at radius 1 is 0.390 bits per heavy atom. The first-order chi connectivity index (χ1) is 29.0. The average molecular weight is 763 g/mol. The van der Waals surface area contributed by atoms with E-state index >= 15 is 0 Å². The molecule has 4 heteroatoms. The molecular weight excluding hydrogens is 717 g/mol. The van der Waals surface area contributed by atoms with Gasteiger partial charge in [0.15, 0.2) is 0 Å². The molecule has 1 atom stereocenters. The monoisotopic (exact) mass is 762 g/mol. The zero-order chi connectivity index (χ0) is 39.8. The van der Waals surface area contributed by atoms with E-state index in [2.05, 4.69) is 229 Å². The van der Waals surface area contributed by atoms with Gasteiger partial charge in [0, 0.05) is 71.5 Å². The number of para-hydroxylation sites is 2. The third-order valence-electron chi connectivity index (χ3n) is 13.2. The number of hydrogen-bond donors (Lipinski definition) is 0. The quantitative estimate of drug-likeness (QED) is 0.153. The standard InChI is InChI=1S/C55H46N4/c1-5-56(3)39-28-31-53-47(34-39)45-22-11-14-25-51(45)58(53)41-20-16-19-38(33-41)55(37-17-8-7-9-18-37)49-24-13-10-21-43(49)44-30-27-42(36-50(44)55)59-52-26-15-12-23-46(52)48-35-40(57(4)6-2)29-32-54(48)59/h7-36H,5-6H2,1-4H3. The highest BCUT2D eigenvalue weighted by Crippen LogP contribution is 2.57. The second kappa shape index (κ2) is 13.5. The van der Waals surface area contributed by atoms with E-state index in [0.717, 1.165) is 24.5 Å². The van der Waals surface area contributed by atoms with E-state index < -0.39 is 5.41 Å². The summed E-state index contributed by atoms with van der Waals surface area (Å²) in [4.78, 5) is 4.61. The molecule has 0 N–H and O–H groups in total. The van der Waals surface area contributed by atoms with E-state index in [4.69, 9.17) is 0 Å². The van der Waals surface area contributed by atoms with E-state index in [1.54, 1.807) is 0 Å². The number of aromatic nitrogens is 2. The lowest BCUT2D eigenvalue weighted by Gasteiger charge is -2.34. The Bertz CT molecular complexity index is 3240. The lowest BCUT2D eigenvalue weighted by molar-refractivity contribution is 0.766. The van der Waals surface area contributed by atoms with Crippen LogP contribution in [0, 0.1) is 0 Å². The summed E-state index contributed by atoms with van der Waals surface area (Å²) in [6.45, 7) is 6.31. The van der Waals surface area contributed by atoms with E-state index in [-0.39, 0.29) is 0 Å². The predicted octanol–water partition coefficient (Wildman–Crippen LogP) is 13.2. The van der Waals surface area contributed by atoms with E-state index in [1.165, 1.54) is 88.4 Å². The number of anilines is 2. The van der Waals surface area contributed by atoms with Crippen LogP contribution in [0.15, 0.2) is 182 Å². The maximum atomic E-state index is 2.49. The lowest BCUT2D eigenvalue weighted by atomic mass is 9.67. The third-order valence-corrected chi connectivity index (χ3v) is 13.2. The number of rotatable bonds is 8. The van der Waals surface area contributed by atoms with Gasteiger partial charge < -0.3 is 18.9 Å². The molecule has 11 rings (SSSR count). The highest BCUT2D eigenvalue weighted by molar-refractivity contribution is 6.11. The number of fused-ring (bicyclic) bond motifs is 9. The molecule has 0 bridgehead atoms. The molecule has 8 aromatic carbocycles. The molecule has 0 radical (unpaired) electrons. The van der Waals surface area contributed by atoms with Crippen LogP contribution in [0.25, 0.3) is 66.1 Å². The van der Waals surface area contributed by atoms with Crippen LogP contribution in [0.3, 0.4) is 0 Å². The van der Waals surface area contributed by atoms with Crippen LogP contribution in [0.2, 0.25) is 0 Å². The van der Waals surface area contributed by atoms with Gasteiger partial charge >= 0.3 is 0 Å². The second-order valence-electron chi connectivity index (χ2n) is 16.1. The highest BCUT2D eigenvalue weighted by atomic mass is 15.1. The van der Waals surface area contributed by atoms with Gasteiger partial charge in [-0.1, -0.05) is 109 Å². The summed E-state index contributed by atoms with van der Waals surface area (Å²) in [7, 11) is 4.33. The maximum Gasteiger partial charge on any atom is 0.0715 e. The molecule has 0 saturated heterocycles. The SMILES string of the molecule is CCN(C)c1ccc2c(c1)c1ccccc1n2-c1cccc(C2(c3ccccc3)c3ccccc3-c3ccc(-n4c5ccccc5c5cc(N(C)CC)ccc54)cc32)c1. The van der Waals surface area contributed by atoms with Crippen molar-refractivity contribution in [3.8, 4) is 22.5 Å². The lowest BCUT2D eigenvalue weighted by Crippen LogP contribution is -2.29. The van der Waals surface area contributed by atoms with Crippen molar-refractivity contribution in [1.82, 2.24) is 9.13 Å². The molecule has 59 heavy (non-hydrogen) atoms. The molecule has 0 aliphatic heterocycles. The van der Waals surface area contributed by atoms with Crippen molar-refractivity contribution in [3.63, 3.8) is 0 Å². The van der Waals surface area contributed by atoms with Gasteiger partial charge in [-0.3, -0.25) is 0 Å². The molecule has 2 heterocycles.